The molecule has 1 spiro atoms. The average molecular weight is 371 g/mol. The highest BCUT2D eigenvalue weighted by atomic mass is 35.5. The van der Waals surface area contributed by atoms with Crippen molar-refractivity contribution in [3.05, 3.63) is 18.5 Å². The largest absolute Gasteiger partial charge is 0.492 e. The van der Waals surface area contributed by atoms with Gasteiger partial charge in [-0.15, -0.1) is 37.2 Å². The Balaban J connectivity index is 0.00000147. The second-order valence-electron chi connectivity index (χ2n) is 5.73. The van der Waals surface area contributed by atoms with Gasteiger partial charge in [-0.1, -0.05) is 0 Å². The number of pyridine rings is 1. The van der Waals surface area contributed by atoms with E-state index in [1.165, 1.54) is 31.5 Å². The van der Waals surface area contributed by atoms with Crippen LogP contribution in [0.15, 0.2) is 18.5 Å². The smallest absolute Gasteiger partial charge is 0.139 e. The van der Waals surface area contributed by atoms with Gasteiger partial charge in [-0.25, -0.2) is 0 Å². The Bertz CT molecular complexity index is 463. The fraction of sp³-hybridized carbons (Fsp3) is 0.667. The van der Waals surface area contributed by atoms with Gasteiger partial charge < -0.3 is 9.64 Å². The van der Waals surface area contributed by atoms with Gasteiger partial charge in [0.1, 0.15) is 5.75 Å². The molecule has 2 aliphatic heterocycles. The van der Waals surface area contributed by atoms with Crippen molar-refractivity contribution in [3.8, 4) is 5.75 Å². The van der Waals surface area contributed by atoms with Crippen molar-refractivity contribution in [2.24, 2.45) is 0 Å². The number of likely N-dealkylation sites (N-methyl/N-ethyl adjacent to an activating group) is 1. The third-order valence-corrected chi connectivity index (χ3v) is 4.65. The maximum atomic E-state index is 5.54. The summed E-state index contributed by atoms with van der Waals surface area (Å²) in [5.41, 5.74) is 1.60. The Morgan fingerprint density at radius 1 is 1.18 bits per heavy atom. The first-order valence-electron chi connectivity index (χ1n) is 7.27. The van der Waals surface area contributed by atoms with Crippen LogP contribution in [0.2, 0.25) is 0 Å². The van der Waals surface area contributed by atoms with Crippen molar-refractivity contribution < 1.29 is 4.74 Å². The van der Waals surface area contributed by atoms with Gasteiger partial charge >= 0.3 is 0 Å². The molecule has 128 valence electrons. The van der Waals surface area contributed by atoms with Gasteiger partial charge in [0.25, 0.3) is 0 Å². The SMILES string of the molecule is CCOc1cncc(N2CCC3(CCCN3C)C2)c1.Cl.Cl.Cl. The van der Waals surface area contributed by atoms with Gasteiger partial charge in [0.05, 0.1) is 24.7 Å². The molecule has 0 radical (unpaired) electrons. The summed E-state index contributed by atoms with van der Waals surface area (Å²) in [6.45, 7) is 6.19. The van der Waals surface area contributed by atoms with Gasteiger partial charge in [-0.3, -0.25) is 9.88 Å². The Hall–Kier alpha value is -0.420. The van der Waals surface area contributed by atoms with Crippen molar-refractivity contribution >= 4 is 42.9 Å². The van der Waals surface area contributed by atoms with Gasteiger partial charge in [0.15, 0.2) is 0 Å². The molecule has 1 unspecified atom stereocenters. The Morgan fingerprint density at radius 3 is 2.59 bits per heavy atom. The number of halogens is 3. The third kappa shape index (κ3) is 4.10. The molecular weight excluding hydrogens is 345 g/mol. The van der Waals surface area contributed by atoms with Crippen LogP contribution in [-0.4, -0.2) is 48.7 Å². The highest BCUT2D eigenvalue weighted by Gasteiger charge is 2.44. The zero-order chi connectivity index (χ0) is 13.3. The van der Waals surface area contributed by atoms with E-state index in [2.05, 4.69) is 27.9 Å². The number of ether oxygens (including phenoxy) is 1. The zero-order valence-electron chi connectivity index (χ0n) is 13.2. The van der Waals surface area contributed by atoms with E-state index in [4.69, 9.17) is 4.74 Å². The minimum absolute atomic E-state index is 0. The first kappa shape index (κ1) is 21.6. The van der Waals surface area contributed by atoms with Crippen LogP contribution in [0.1, 0.15) is 26.2 Å². The van der Waals surface area contributed by atoms with Crippen LogP contribution in [0.4, 0.5) is 5.69 Å². The molecule has 3 heterocycles. The molecule has 0 amide bonds. The minimum atomic E-state index is 0. The van der Waals surface area contributed by atoms with Crippen LogP contribution < -0.4 is 9.64 Å². The summed E-state index contributed by atoms with van der Waals surface area (Å²) in [5.74, 6) is 0.876. The molecule has 4 nitrogen and oxygen atoms in total. The lowest BCUT2D eigenvalue weighted by Gasteiger charge is -2.32. The van der Waals surface area contributed by atoms with Crippen molar-refractivity contribution in [3.63, 3.8) is 0 Å². The van der Waals surface area contributed by atoms with Crippen LogP contribution in [0, 0.1) is 0 Å². The van der Waals surface area contributed by atoms with Gasteiger partial charge in [0, 0.05) is 24.7 Å². The first-order valence-corrected chi connectivity index (χ1v) is 7.27. The minimum Gasteiger partial charge on any atom is -0.492 e. The lowest BCUT2D eigenvalue weighted by atomic mass is 9.96. The topological polar surface area (TPSA) is 28.6 Å². The summed E-state index contributed by atoms with van der Waals surface area (Å²) in [4.78, 5) is 9.31. The van der Waals surface area contributed by atoms with Gasteiger partial charge in [-0.05, 0) is 39.8 Å². The molecule has 1 aromatic rings. The number of aromatic nitrogens is 1. The molecule has 0 N–H and O–H groups in total. The lowest BCUT2D eigenvalue weighted by Crippen LogP contribution is -2.43. The molecule has 3 rings (SSSR count). The Morgan fingerprint density at radius 2 is 1.95 bits per heavy atom. The normalized spacial score (nSPS) is 23.6. The van der Waals surface area contributed by atoms with Crippen LogP contribution in [0.3, 0.4) is 0 Å². The predicted octanol–water partition coefficient (Wildman–Crippen LogP) is 3.42. The summed E-state index contributed by atoms with van der Waals surface area (Å²) in [5, 5.41) is 0. The number of likely N-dealkylation sites (tertiary alicyclic amines) is 1. The third-order valence-electron chi connectivity index (χ3n) is 4.65. The van der Waals surface area contributed by atoms with E-state index >= 15 is 0 Å². The molecule has 1 aromatic heterocycles. The predicted molar refractivity (Wildman–Crippen MR) is 98.6 cm³/mol. The Kier molecular flexibility index (Phi) is 8.85. The molecule has 0 bridgehead atoms. The Labute approximate surface area is 151 Å². The molecule has 2 fully saturated rings. The molecule has 22 heavy (non-hydrogen) atoms. The number of hydrogen-bond acceptors (Lipinski definition) is 4. The lowest BCUT2D eigenvalue weighted by molar-refractivity contribution is 0.198. The van der Waals surface area contributed by atoms with Crippen LogP contribution >= 0.6 is 37.2 Å². The van der Waals surface area contributed by atoms with E-state index in [0.29, 0.717) is 12.1 Å². The number of nitrogens with zero attached hydrogens (tertiary/aromatic N) is 3. The van der Waals surface area contributed by atoms with E-state index in [1.807, 2.05) is 13.1 Å². The fourth-order valence-corrected chi connectivity index (χ4v) is 3.49. The van der Waals surface area contributed by atoms with E-state index in [0.717, 1.165) is 18.8 Å². The van der Waals surface area contributed by atoms with Gasteiger partial charge in [-0.2, -0.15) is 0 Å². The van der Waals surface area contributed by atoms with Crippen molar-refractivity contribution in [2.75, 3.05) is 38.2 Å². The summed E-state index contributed by atoms with van der Waals surface area (Å²) in [6.07, 6.45) is 7.68. The fourth-order valence-electron chi connectivity index (χ4n) is 3.49. The molecule has 7 heteroatoms. The monoisotopic (exact) mass is 369 g/mol. The van der Waals surface area contributed by atoms with Crippen molar-refractivity contribution in [1.82, 2.24) is 9.88 Å². The van der Waals surface area contributed by atoms with E-state index in [1.54, 1.807) is 6.20 Å². The van der Waals surface area contributed by atoms with Crippen LogP contribution in [0.25, 0.3) is 0 Å². The van der Waals surface area contributed by atoms with E-state index < -0.39 is 0 Å². The number of rotatable bonds is 3. The second kappa shape index (κ2) is 9.02. The number of hydrogen-bond donors (Lipinski definition) is 0. The molecule has 0 saturated carbocycles. The molecule has 0 aromatic carbocycles. The summed E-state index contributed by atoms with van der Waals surface area (Å²) in [6, 6.07) is 2.12. The molecular formula is C15H26Cl3N3O. The quantitative estimate of drug-likeness (QED) is 0.815. The second-order valence-corrected chi connectivity index (χ2v) is 5.73. The van der Waals surface area contributed by atoms with E-state index in [9.17, 15) is 0 Å². The highest BCUT2D eigenvalue weighted by molar-refractivity contribution is 5.86. The highest BCUT2D eigenvalue weighted by Crippen LogP contribution is 2.38. The molecule has 1 atom stereocenters. The summed E-state index contributed by atoms with van der Waals surface area (Å²) >= 11 is 0. The van der Waals surface area contributed by atoms with Crippen molar-refractivity contribution in [2.45, 2.75) is 31.7 Å². The molecule has 2 aliphatic rings. The zero-order valence-corrected chi connectivity index (χ0v) is 15.6. The molecule has 2 saturated heterocycles. The van der Waals surface area contributed by atoms with Crippen LogP contribution in [0.5, 0.6) is 5.75 Å². The first-order chi connectivity index (χ1) is 9.23. The maximum Gasteiger partial charge on any atom is 0.139 e. The van der Waals surface area contributed by atoms with Crippen LogP contribution in [-0.2, 0) is 0 Å². The summed E-state index contributed by atoms with van der Waals surface area (Å²) < 4.78 is 5.54. The number of anilines is 1. The summed E-state index contributed by atoms with van der Waals surface area (Å²) in [7, 11) is 2.27. The molecule has 0 aliphatic carbocycles. The standard InChI is InChI=1S/C15H23N3O.3ClH/c1-3-19-14-9-13(10-16-11-14)18-8-6-15(12-18)5-4-7-17(15)2;;;/h9-11H,3-8,12H2,1-2H3;3*1H. The van der Waals surface area contributed by atoms with Gasteiger partial charge in [0.2, 0.25) is 0 Å². The average Bonchev–Trinajstić information content (AvgIpc) is 3.00. The van der Waals surface area contributed by atoms with Crippen molar-refractivity contribution in [1.29, 1.82) is 0 Å². The van der Waals surface area contributed by atoms with E-state index in [-0.39, 0.29) is 37.2 Å². The maximum absolute atomic E-state index is 5.54.